The Morgan fingerprint density at radius 3 is 2.47 bits per heavy atom. The first kappa shape index (κ1) is 12.5. The molecule has 15 heavy (non-hydrogen) atoms. The van der Waals surface area contributed by atoms with Crippen molar-refractivity contribution < 1.29 is 17.8 Å². The van der Waals surface area contributed by atoms with E-state index < -0.39 is 10.3 Å². The molecule has 0 fully saturated rings. The zero-order valence-electron chi connectivity index (χ0n) is 7.52. The first-order chi connectivity index (χ1) is 6.86. The van der Waals surface area contributed by atoms with Gasteiger partial charge in [0.2, 0.25) is 0 Å². The van der Waals surface area contributed by atoms with Crippen LogP contribution in [0, 0.1) is 0 Å². The summed E-state index contributed by atoms with van der Waals surface area (Å²) in [6.07, 6.45) is 0. The van der Waals surface area contributed by atoms with E-state index in [2.05, 4.69) is 4.84 Å². The summed E-state index contributed by atoms with van der Waals surface area (Å²) in [4.78, 5) is 4.49. The van der Waals surface area contributed by atoms with Crippen LogP contribution in [0.3, 0.4) is 0 Å². The van der Waals surface area contributed by atoms with Crippen molar-refractivity contribution in [1.82, 2.24) is 0 Å². The second-order valence-electron chi connectivity index (χ2n) is 2.48. The molecule has 0 saturated heterocycles. The fourth-order valence-corrected chi connectivity index (χ4v) is 1.94. The molecule has 0 unspecified atom stereocenters. The summed E-state index contributed by atoms with van der Waals surface area (Å²) in [5.41, 5.74) is -0.0610. The van der Waals surface area contributed by atoms with Crippen molar-refractivity contribution in [2.24, 2.45) is 0 Å². The highest BCUT2D eigenvalue weighted by Gasteiger charge is 2.22. The molecule has 0 aromatic heterocycles. The quantitative estimate of drug-likeness (QED) is 0.676. The molecule has 1 aromatic carbocycles. The highest BCUT2D eigenvalue weighted by Crippen LogP contribution is 2.30. The van der Waals surface area contributed by atoms with E-state index in [1.807, 2.05) is 0 Å². The summed E-state index contributed by atoms with van der Waals surface area (Å²) in [5.74, 6) is 0. The minimum Gasteiger partial charge on any atom is -0.267 e. The molecule has 84 valence electrons. The summed E-state index contributed by atoms with van der Waals surface area (Å²) in [7, 11) is -3.46. The lowest BCUT2D eigenvalue weighted by Crippen LogP contribution is -2.29. The monoisotopic (exact) mass is 271 g/mol. The van der Waals surface area contributed by atoms with Gasteiger partial charge in [-0.05, 0) is 18.2 Å². The minimum absolute atomic E-state index is 0.0610. The van der Waals surface area contributed by atoms with Gasteiger partial charge in [0.05, 0.1) is 12.1 Å². The third kappa shape index (κ3) is 2.96. The maximum atomic E-state index is 10.9. The smallest absolute Gasteiger partial charge is 0.267 e. The molecule has 0 aliphatic heterocycles. The number of benzene rings is 1. The van der Waals surface area contributed by atoms with Gasteiger partial charge in [0, 0.05) is 5.02 Å². The fourth-order valence-electron chi connectivity index (χ4n) is 0.943. The van der Waals surface area contributed by atoms with Crippen molar-refractivity contribution in [3.63, 3.8) is 0 Å². The van der Waals surface area contributed by atoms with Gasteiger partial charge in [-0.3, -0.25) is 9.39 Å². The first-order valence-corrected chi connectivity index (χ1v) is 5.78. The van der Waals surface area contributed by atoms with Crippen LogP contribution >= 0.6 is 23.2 Å². The Hall–Kier alpha value is -0.530. The van der Waals surface area contributed by atoms with Crippen LogP contribution in [0.2, 0.25) is 10.0 Å². The van der Waals surface area contributed by atoms with Crippen molar-refractivity contribution in [3.05, 3.63) is 28.2 Å². The second-order valence-corrected chi connectivity index (χ2v) is 4.55. The lowest BCUT2D eigenvalue weighted by atomic mass is 10.3. The summed E-state index contributed by atoms with van der Waals surface area (Å²) >= 11 is 11.4. The van der Waals surface area contributed by atoms with Gasteiger partial charge < -0.3 is 0 Å². The number of rotatable bonds is 3. The molecule has 0 radical (unpaired) electrons. The van der Waals surface area contributed by atoms with Gasteiger partial charge in [0.1, 0.15) is 5.69 Å². The van der Waals surface area contributed by atoms with Crippen LogP contribution in [-0.2, 0) is 15.1 Å². The van der Waals surface area contributed by atoms with Gasteiger partial charge >= 0.3 is 10.3 Å². The van der Waals surface area contributed by atoms with Crippen LogP contribution < -0.4 is 4.47 Å². The summed E-state index contributed by atoms with van der Waals surface area (Å²) in [6.45, 7) is 0. The van der Waals surface area contributed by atoms with Crippen LogP contribution in [0.5, 0.6) is 0 Å². The number of hydrogen-bond donors (Lipinski definition) is 1. The molecule has 0 spiro atoms. The summed E-state index contributed by atoms with van der Waals surface area (Å²) < 4.78 is 30.8. The minimum atomic E-state index is -4.54. The van der Waals surface area contributed by atoms with Crippen LogP contribution in [0.1, 0.15) is 0 Å². The van der Waals surface area contributed by atoms with Gasteiger partial charge in [-0.25, -0.2) is 0 Å². The molecule has 8 heteroatoms. The van der Waals surface area contributed by atoms with E-state index >= 15 is 0 Å². The molecule has 0 atom stereocenters. The molecule has 0 heterocycles. The van der Waals surface area contributed by atoms with Crippen molar-refractivity contribution >= 4 is 39.2 Å². The first-order valence-electron chi connectivity index (χ1n) is 3.63. The molecule has 1 aromatic rings. The van der Waals surface area contributed by atoms with E-state index in [1.165, 1.54) is 18.2 Å². The van der Waals surface area contributed by atoms with Crippen LogP contribution in [0.4, 0.5) is 5.69 Å². The Kier molecular flexibility index (Phi) is 3.80. The Morgan fingerprint density at radius 2 is 2.00 bits per heavy atom. The highest BCUT2D eigenvalue weighted by molar-refractivity contribution is 7.87. The van der Waals surface area contributed by atoms with Crippen LogP contribution in [0.15, 0.2) is 18.2 Å². The Bertz CT molecular complexity index is 462. The second kappa shape index (κ2) is 4.54. The fraction of sp³-hybridized carbons (Fsp3) is 0.143. The molecule has 5 nitrogen and oxygen atoms in total. The third-order valence-electron chi connectivity index (χ3n) is 1.48. The van der Waals surface area contributed by atoms with Crippen molar-refractivity contribution in [1.29, 1.82) is 0 Å². The third-order valence-corrected chi connectivity index (χ3v) is 2.80. The maximum absolute atomic E-state index is 10.9. The molecular formula is C7H7Cl2NO4S. The predicted octanol–water partition coefficient (Wildman–Crippen LogP) is 2.16. The normalized spacial score (nSPS) is 11.5. The molecule has 1 N–H and O–H groups in total. The molecule has 0 aliphatic carbocycles. The average Bonchev–Trinajstić information content (AvgIpc) is 2.10. The number of hydrogen-bond acceptors (Lipinski definition) is 3. The van der Waals surface area contributed by atoms with Gasteiger partial charge in [-0.2, -0.15) is 8.42 Å². The lowest BCUT2D eigenvalue weighted by molar-refractivity contribution is 0.206. The van der Waals surface area contributed by atoms with Crippen molar-refractivity contribution in [3.8, 4) is 0 Å². The van der Waals surface area contributed by atoms with E-state index in [0.717, 1.165) is 7.11 Å². The zero-order valence-corrected chi connectivity index (χ0v) is 9.84. The molecule has 0 bridgehead atoms. The number of halogens is 2. The molecule has 0 saturated carbocycles. The largest absolute Gasteiger partial charge is 0.382 e. The van der Waals surface area contributed by atoms with E-state index in [4.69, 9.17) is 27.8 Å². The van der Waals surface area contributed by atoms with Crippen molar-refractivity contribution in [2.75, 3.05) is 11.6 Å². The number of anilines is 1. The van der Waals surface area contributed by atoms with Crippen molar-refractivity contribution in [2.45, 2.75) is 0 Å². The number of nitrogens with zero attached hydrogens (tertiary/aromatic N) is 1. The molecular weight excluding hydrogens is 265 g/mol. The average molecular weight is 272 g/mol. The van der Waals surface area contributed by atoms with E-state index in [-0.39, 0.29) is 20.2 Å². The zero-order chi connectivity index (χ0) is 11.6. The van der Waals surface area contributed by atoms with Crippen LogP contribution in [-0.4, -0.2) is 20.1 Å². The topological polar surface area (TPSA) is 66.8 Å². The van der Waals surface area contributed by atoms with Gasteiger partial charge in [0.15, 0.2) is 0 Å². The molecule has 0 amide bonds. The van der Waals surface area contributed by atoms with E-state index in [9.17, 15) is 8.42 Å². The van der Waals surface area contributed by atoms with Gasteiger partial charge in [-0.1, -0.05) is 23.2 Å². The summed E-state index contributed by atoms with van der Waals surface area (Å²) in [6, 6.07) is 4.11. The standard InChI is InChI=1S/C7H7Cl2NO4S/c1-14-10(15(11,12)13)7-4-5(8)2-3-6(7)9/h2-4H,1H3,(H,11,12,13). The Morgan fingerprint density at radius 1 is 1.40 bits per heavy atom. The highest BCUT2D eigenvalue weighted by atomic mass is 35.5. The SMILES string of the molecule is CON(c1cc(Cl)ccc1Cl)S(=O)(=O)O. The van der Waals surface area contributed by atoms with E-state index in [0.29, 0.717) is 0 Å². The summed E-state index contributed by atoms with van der Waals surface area (Å²) in [5, 5.41) is 0.346. The maximum Gasteiger partial charge on any atom is 0.382 e. The lowest BCUT2D eigenvalue weighted by Gasteiger charge is -2.18. The molecule has 1 rings (SSSR count). The van der Waals surface area contributed by atoms with Gasteiger partial charge in [0.25, 0.3) is 0 Å². The molecule has 0 aliphatic rings. The van der Waals surface area contributed by atoms with Gasteiger partial charge in [-0.15, -0.1) is 4.47 Å². The Balaban J connectivity index is 3.30. The van der Waals surface area contributed by atoms with Crippen LogP contribution in [0.25, 0.3) is 0 Å². The predicted molar refractivity (Wildman–Crippen MR) is 57.5 cm³/mol. The van der Waals surface area contributed by atoms with E-state index in [1.54, 1.807) is 0 Å². The Labute approximate surface area is 97.0 Å².